The van der Waals surface area contributed by atoms with Gasteiger partial charge in [0.15, 0.2) is 0 Å². The van der Waals surface area contributed by atoms with E-state index in [0.717, 1.165) is 24.3 Å². The van der Waals surface area contributed by atoms with E-state index in [1.807, 2.05) is 38.2 Å². The number of pyridine rings is 1. The van der Waals surface area contributed by atoms with Crippen molar-refractivity contribution in [1.29, 1.82) is 0 Å². The van der Waals surface area contributed by atoms with Crippen molar-refractivity contribution in [2.24, 2.45) is 0 Å². The molecule has 0 saturated heterocycles. The van der Waals surface area contributed by atoms with Crippen LogP contribution in [0.5, 0.6) is 5.75 Å². The zero-order valence-electron chi connectivity index (χ0n) is 12.0. The highest BCUT2D eigenvalue weighted by atomic mass is 16.5. The van der Waals surface area contributed by atoms with Gasteiger partial charge in [0.2, 0.25) is 0 Å². The fraction of sp³-hybridized carbons (Fsp3) is 0.353. The molecule has 0 spiro atoms. The highest BCUT2D eigenvalue weighted by Crippen LogP contribution is 2.32. The molecule has 0 saturated carbocycles. The van der Waals surface area contributed by atoms with Gasteiger partial charge >= 0.3 is 0 Å². The maximum Gasteiger partial charge on any atom is 0.119 e. The molecule has 1 atom stereocenters. The summed E-state index contributed by atoms with van der Waals surface area (Å²) in [6, 6.07) is 12.7. The summed E-state index contributed by atoms with van der Waals surface area (Å²) in [5.41, 5.74) is 3.67. The number of ether oxygens (including phenoxy) is 1. The van der Waals surface area contributed by atoms with Crippen LogP contribution in [0.1, 0.15) is 37.6 Å². The molecule has 3 rings (SSSR count). The zero-order valence-corrected chi connectivity index (χ0v) is 12.0. The Balaban J connectivity index is 1.70. The van der Waals surface area contributed by atoms with E-state index in [1.54, 1.807) is 0 Å². The van der Waals surface area contributed by atoms with E-state index in [2.05, 4.69) is 28.5 Å². The SMILES string of the molecule is CC(C)Oc1ccc(NC2CCc3cccnc32)cc1. The van der Waals surface area contributed by atoms with Crippen LogP contribution in [0.3, 0.4) is 0 Å². The lowest BCUT2D eigenvalue weighted by atomic mass is 10.2. The summed E-state index contributed by atoms with van der Waals surface area (Å²) in [5.74, 6) is 0.912. The van der Waals surface area contributed by atoms with Crippen molar-refractivity contribution in [3.05, 3.63) is 53.9 Å². The Labute approximate surface area is 120 Å². The minimum Gasteiger partial charge on any atom is -0.491 e. The van der Waals surface area contributed by atoms with Gasteiger partial charge in [-0.3, -0.25) is 4.98 Å². The molecule has 20 heavy (non-hydrogen) atoms. The van der Waals surface area contributed by atoms with Crippen LogP contribution in [0, 0.1) is 0 Å². The first-order chi connectivity index (χ1) is 9.72. The number of fused-ring (bicyclic) bond motifs is 1. The fourth-order valence-electron chi connectivity index (χ4n) is 2.66. The minimum absolute atomic E-state index is 0.208. The average molecular weight is 268 g/mol. The number of aryl methyl sites for hydroxylation is 1. The summed E-state index contributed by atoms with van der Waals surface area (Å²) in [4.78, 5) is 4.51. The number of anilines is 1. The highest BCUT2D eigenvalue weighted by molar-refractivity contribution is 5.49. The maximum atomic E-state index is 5.66. The van der Waals surface area contributed by atoms with Crippen LogP contribution in [0.2, 0.25) is 0 Å². The van der Waals surface area contributed by atoms with E-state index in [9.17, 15) is 0 Å². The summed E-state index contributed by atoms with van der Waals surface area (Å²) in [7, 11) is 0. The van der Waals surface area contributed by atoms with Gasteiger partial charge in [-0.15, -0.1) is 0 Å². The Hall–Kier alpha value is -2.03. The van der Waals surface area contributed by atoms with Gasteiger partial charge in [0, 0.05) is 11.9 Å². The van der Waals surface area contributed by atoms with E-state index in [1.165, 1.54) is 11.3 Å². The van der Waals surface area contributed by atoms with Crippen LogP contribution in [0.25, 0.3) is 0 Å². The van der Waals surface area contributed by atoms with Crippen molar-refractivity contribution in [3.8, 4) is 5.75 Å². The van der Waals surface area contributed by atoms with E-state index in [-0.39, 0.29) is 6.10 Å². The first-order valence-corrected chi connectivity index (χ1v) is 7.19. The topological polar surface area (TPSA) is 34.1 Å². The molecule has 1 aromatic carbocycles. The first kappa shape index (κ1) is 13.0. The standard InChI is InChI=1S/C17H20N2O/c1-12(2)20-15-8-6-14(7-9-15)19-16-10-5-13-4-3-11-18-17(13)16/h3-4,6-9,11-12,16,19H,5,10H2,1-2H3. The lowest BCUT2D eigenvalue weighted by Crippen LogP contribution is -2.09. The molecule has 0 aliphatic heterocycles. The number of aromatic nitrogens is 1. The van der Waals surface area contributed by atoms with Crippen molar-refractivity contribution < 1.29 is 4.74 Å². The minimum atomic E-state index is 0.208. The molecule has 3 heteroatoms. The molecule has 1 aliphatic rings. The molecular weight excluding hydrogens is 248 g/mol. The maximum absolute atomic E-state index is 5.66. The molecule has 0 fully saturated rings. The summed E-state index contributed by atoms with van der Waals surface area (Å²) in [5, 5.41) is 3.56. The van der Waals surface area contributed by atoms with Gasteiger partial charge < -0.3 is 10.1 Å². The summed E-state index contributed by atoms with van der Waals surface area (Å²) >= 11 is 0. The van der Waals surface area contributed by atoms with E-state index in [0.29, 0.717) is 6.04 Å². The van der Waals surface area contributed by atoms with Crippen LogP contribution in [0.4, 0.5) is 5.69 Å². The normalized spacial score (nSPS) is 17.1. The second-order valence-corrected chi connectivity index (χ2v) is 5.47. The number of nitrogens with one attached hydrogen (secondary N) is 1. The van der Waals surface area contributed by atoms with Crippen molar-refractivity contribution >= 4 is 5.69 Å². The predicted octanol–water partition coefficient (Wildman–Crippen LogP) is 3.97. The lowest BCUT2D eigenvalue weighted by Gasteiger charge is -2.15. The van der Waals surface area contributed by atoms with Crippen molar-refractivity contribution in [2.75, 3.05) is 5.32 Å². The van der Waals surface area contributed by atoms with Gasteiger partial charge in [0.05, 0.1) is 17.8 Å². The molecule has 3 nitrogen and oxygen atoms in total. The van der Waals surface area contributed by atoms with Gasteiger partial charge in [0.25, 0.3) is 0 Å². The van der Waals surface area contributed by atoms with Gasteiger partial charge in [0.1, 0.15) is 5.75 Å². The van der Waals surface area contributed by atoms with E-state index < -0.39 is 0 Å². The fourth-order valence-corrected chi connectivity index (χ4v) is 2.66. The molecule has 0 bridgehead atoms. The van der Waals surface area contributed by atoms with Crippen LogP contribution in [-0.4, -0.2) is 11.1 Å². The van der Waals surface area contributed by atoms with Crippen LogP contribution in [-0.2, 0) is 6.42 Å². The molecule has 1 aromatic heterocycles. The number of benzene rings is 1. The Morgan fingerprint density at radius 1 is 1.20 bits per heavy atom. The number of hydrogen-bond acceptors (Lipinski definition) is 3. The Bertz CT molecular complexity index is 578. The molecule has 2 aromatic rings. The third kappa shape index (κ3) is 2.77. The number of hydrogen-bond donors (Lipinski definition) is 1. The largest absolute Gasteiger partial charge is 0.491 e. The van der Waals surface area contributed by atoms with Crippen molar-refractivity contribution in [2.45, 2.75) is 38.8 Å². The third-order valence-electron chi connectivity index (χ3n) is 3.53. The van der Waals surface area contributed by atoms with Gasteiger partial charge in [-0.25, -0.2) is 0 Å². The van der Waals surface area contributed by atoms with Gasteiger partial charge in [-0.1, -0.05) is 6.07 Å². The van der Waals surface area contributed by atoms with Crippen LogP contribution in [0.15, 0.2) is 42.6 Å². The van der Waals surface area contributed by atoms with Crippen LogP contribution < -0.4 is 10.1 Å². The zero-order chi connectivity index (χ0) is 13.9. The summed E-state index contributed by atoms with van der Waals surface area (Å²) in [6.07, 6.45) is 4.30. The second-order valence-electron chi connectivity index (χ2n) is 5.47. The molecule has 1 N–H and O–H groups in total. The van der Waals surface area contributed by atoms with E-state index in [4.69, 9.17) is 4.74 Å². The molecule has 1 unspecified atom stereocenters. The molecule has 1 heterocycles. The summed E-state index contributed by atoms with van der Waals surface area (Å²) in [6.45, 7) is 4.07. The second kappa shape index (κ2) is 5.53. The number of nitrogens with zero attached hydrogens (tertiary/aromatic N) is 1. The predicted molar refractivity (Wildman–Crippen MR) is 81.1 cm³/mol. The average Bonchev–Trinajstić information content (AvgIpc) is 2.84. The van der Waals surface area contributed by atoms with Gasteiger partial charge in [-0.2, -0.15) is 0 Å². The number of rotatable bonds is 4. The quantitative estimate of drug-likeness (QED) is 0.911. The molecular formula is C17H20N2O. The molecule has 104 valence electrons. The van der Waals surface area contributed by atoms with E-state index >= 15 is 0 Å². The first-order valence-electron chi connectivity index (χ1n) is 7.19. The lowest BCUT2D eigenvalue weighted by molar-refractivity contribution is 0.242. The smallest absolute Gasteiger partial charge is 0.119 e. The van der Waals surface area contributed by atoms with Gasteiger partial charge in [-0.05, 0) is 62.6 Å². The monoisotopic (exact) mass is 268 g/mol. The molecule has 0 radical (unpaired) electrons. The van der Waals surface area contributed by atoms with Crippen molar-refractivity contribution in [1.82, 2.24) is 4.98 Å². The third-order valence-corrected chi connectivity index (χ3v) is 3.53. The Morgan fingerprint density at radius 2 is 2.00 bits per heavy atom. The van der Waals surface area contributed by atoms with Crippen molar-refractivity contribution in [3.63, 3.8) is 0 Å². The Morgan fingerprint density at radius 3 is 2.75 bits per heavy atom. The molecule has 0 amide bonds. The molecule has 1 aliphatic carbocycles. The summed E-state index contributed by atoms with van der Waals surface area (Å²) < 4.78 is 5.66. The highest BCUT2D eigenvalue weighted by Gasteiger charge is 2.23. The van der Waals surface area contributed by atoms with Crippen LogP contribution >= 0.6 is 0 Å². The Kier molecular flexibility index (Phi) is 3.59.